The van der Waals surface area contributed by atoms with Crippen molar-refractivity contribution in [2.24, 2.45) is 5.41 Å². The predicted octanol–water partition coefficient (Wildman–Crippen LogP) is 5.37. The van der Waals surface area contributed by atoms with Crippen LogP contribution in [0.3, 0.4) is 0 Å². The molecular weight excluding hydrogens is 413 g/mol. The van der Waals surface area contributed by atoms with Gasteiger partial charge in [-0.3, -0.25) is 9.59 Å². The van der Waals surface area contributed by atoms with Crippen molar-refractivity contribution in [1.29, 1.82) is 0 Å². The van der Waals surface area contributed by atoms with E-state index >= 15 is 0 Å². The zero-order chi connectivity index (χ0) is 19.5. The van der Waals surface area contributed by atoms with Crippen LogP contribution in [0.15, 0.2) is 53.0 Å². The molecule has 3 nitrogen and oxygen atoms in total. The monoisotopic (exact) mass is 428 g/mol. The van der Waals surface area contributed by atoms with Crippen LogP contribution in [0.4, 0.5) is 13.2 Å². The Kier molecular flexibility index (Phi) is 5.91. The van der Waals surface area contributed by atoms with Gasteiger partial charge in [-0.05, 0) is 37.1 Å². The highest BCUT2D eigenvalue weighted by Gasteiger charge is 2.37. The van der Waals surface area contributed by atoms with Gasteiger partial charge in [-0.15, -0.1) is 0 Å². The average molecular weight is 429 g/mol. The Labute approximate surface area is 157 Å². The highest BCUT2D eigenvalue weighted by Crippen LogP contribution is 2.33. The molecule has 1 unspecified atom stereocenters. The smallest absolute Gasteiger partial charge is 0.416 e. The Bertz CT molecular complexity index is 816. The summed E-state index contributed by atoms with van der Waals surface area (Å²) >= 11 is 3.25. The van der Waals surface area contributed by atoms with Gasteiger partial charge in [0.25, 0.3) is 0 Å². The molecule has 2 aromatic carbocycles. The number of benzene rings is 2. The lowest BCUT2D eigenvalue weighted by Gasteiger charge is -2.24. The van der Waals surface area contributed by atoms with Crippen LogP contribution in [-0.4, -0.2) is 16.9 Å². The first kappa shape index (κ1) is 20.2. The molecule has 138 valence electrons. The number of ketones is 1. The number of carboxylic acids is 1. The minimum atomic E-state index is -4.51. The standard InChI is InChI=1S/C19H16BrF3O3/c1-18(17(25)26,11-16(24)13-5-7-15(20)8-6-13)10-12-3-2-4-14(9-12)19(21,22)23/h2-9H,10-11H2,1H3,(H,25,26). The van der Waals surface area contributed by atoms with Gasteiger partial charge in [0.05, 0.1) is 11.0 Å². The topological polar surface area (TPSA) is 54.4 Å². The first-order valence-corrected chi connectivity index (χ1v) is 8.49. The summed E-state index contributed by atoms with van der Waals surface area (Å²) in [6.07, 6.45) is -5.02. The second-order valence-corrected chi connectivity index (χ2v) is 7.26. The van der Waals surface area contributed by atoms with Gasteiger partial charge in [0.1, 0.15) is 0 Å². The average Bonchev–Trinajstić information content (AvgIpc) is 2.54. The first-order valence-electron chi connectivity index (χ1n) is 7.69. The molecule has 0 aliphatic rings. The van der Waals surface area contributed by atoms with Crippen LogP contribution >= 0.6 is 15.9 Å². The lowest BCUT2D eigenvalue weighted by molar-refractivity contribution is -0.147. The summed E-state index contributed by atoms with van der Waals surface area (Å²) in [6.45, 7) is 1.37. The molecule has 0 aliphatic carbocycles. The van der Waals surface area contributed by atoms with Crippen LogP contribution < -0.4 is 0 Å². The summed E-state index contributed by atoms with van der Waals surface area (Å²) < 4.78 is 39.3. The van der Waals surface area contributed by atoms with Crippen molar-refractivity contribution < 1.29 is 27.9 Å². The van der Waals surface area contributed by atoms with E-state index in [-0.39, 0.29) is 24.2 Å². The van der Waals surface area contributed by atoms with Crippen molar-refractivity contribution in [3.63, 3.8) is 0 Å². The Hall–Kier alpha value is -2.15. The van der Waals surface area contributed by atoms with Gasteiger partial charge < -0.3 is 5.11 Å². The van der Waals surface area contributed by atoms with Gasteiger partial charge >= 0.3 is 12.1 Å². The van der Waals surface area contributed by atoms with Gasteiger partial charge in [-0.1, -0.05) is 46.3 Å². The summed E-state index contributed by atoms with van der Waals surface area (Å²) in [5, 5.41) is 9.58. The molecular formula is C19H16BrF3O3. The molecule has 0 bridgehead atoms. The van der Waals surface area contributed by atoms with Crippen LogP contribution in [-0.2, 0) is 17.4 Å². The second-order valence-electron chi connectivity index (χ2n) is 6.35. The lowest BCUT2D eigenvalue weighted by Crippen LogP contribution is -2.33. The van der Waals surface area contributed by atoms with Gasteiger partial charge in [0.2, 0.25) is 0 Å². The molecule has 0 saturated heterocycles. The highest BCUT2D eigenvalue weighted by atomic mass is 79.9. The fraction of sp³-hybridized carbons (Fsp3) is 0.263. The van der Waals surface area contributed by atoms with Crippen LogP contribution in [0.5, 0.6) is 0 Å². The lowest BCUT2D eigenvalue weighted by atomic mass is 9.78. The number of rotatable bonds is 6. The number of hydrogen-bond donors (Lipinski definition) is 1. The Morgan fingerprint density at radius 3 is 2.23 bits per heavy atom. The fourth-order valence-electron chi connectivity index (χ4n) is 2.61. The van der Waals surface area contributed by atoms with Crippen molar-refractivity contribution in [2.45, 2.75) is 25.9 Å². The van der Waals surface area contributed by atoms with Crippen LogP contribution in [0.2, 0.25) is 0 Å². The molecule has 0 radical (unpaired) electrons. The number of halogens is 4. The minimum absolute atomic E-state index is 0.186. The van der Waals surface area contributed by atoms with Crippen molar-refractivity contribution in [3.8, 4) is 0 Å². The van der Waals surface area contributed by atoms with Gasteiger partial charge in [-0.25, -0.2) is 0 Å². The van der Waals surface area contributed by atoms with Gasteiger partial charge in [0.15, 0.2) is 5.78 Å². The SMILES string of the molecule is CC(CC(=O)c1ccc(Br)cc1)(Cc1cccc(C(F)(F)F)c1)C(=O)O. The summed E-state index contributed by atoms with van der Waals surface area (Å²) in [7, 11) is 0. The maximum Gasteiger partial charge on any atom is 0.416 e. The summed E-state index contributed by atoms with van der Waals surface area (Å²) in [5.41, 5.74) is -1.80. The van der Waals surface area contributed by atoms with Crippen molar-refractivity contribution in [3.05, 3.63) is 69.7 Å². The van der Waals surface area contributed by atoms with Crippen LogP contribution in [0.25, 0.3) is 0 Å². The Morgan fingerprint density at radius 2 is 1.69 bits per heavy atom. The van der Waals surface area contributed by atoms with Crippen molar-refractivity contribution >= 4 is 27.7 Å². The Morgan fingerprint density at radius 1 is 1.08 bits per heavy atom. The zero-order valence-corrected chi connectivity index (χ0v) is 15.4. The van der Waals surface area contributed by atoms with E-state index in [9.17, 15) is 27.9 Å². The largest absolute Gasteiger partial charge is 0.481 e. The summed E-state index contributed by atoms with van der Waals surface area (Å²) in [4.78, 5) is 24.2. The van der Waals surface area contributed by atoms with E-state index in [1.54, 1.807) is 24.3 Å². The molecule has 1 N–H and O–H groups in total. The third-order valence-electron chi connectivity index (χ3n) is 4.08. The molecule has 0 aromatic heterocycles. The summed E-state index contributed by atoms with van der Waals surface area (Å²) in [6, 6.07) is 11.0. The maximum absolute atomic E-state index is 12.8. The van der Waals surface area contributed by atoms with Gasteiger partial charge in [0, 0.05) is 16.5 Å². The van der Waals surface area contributed by atoms with E-state index in [1.165, 1.54) is 19.1 Å². The third kappa shape index (κ3) is 4.94. The second kappa shape index (κ2) is 7.61. The maximum atomic E-state index is 12.8. The number of aliphatic carboxylic acids is 1. The van der Waals surface area contributed by atoms with Gasteiger partial charge in [-0.2, -0.15) is 13.2 Å². The van der Waals surface area contributed by atoms with Crippen LogP contribution in [0, 0.1) is 5.41 Å². The fourth-order valence-corrected chi connectivity index (χ4v) is 2.88. The van der Waals surface area contributed by atoms with Crippen molar-refractivity contribution in [2.75, 3.05) is 0 Å². The van der Waals surface area contributed by atoms with Crippen LogP contribution in [0.1, 0.15) is 34.8 Å². The van der Waals surface area contributed by atoms with E-state index in [2.05, 4.69) is 15.9 Å². The number of carbonyl (C=O) groups is 2. The molecule has 2 aromatic rings. The van der Waals surface area contributed by atoms with E-state index in [1.807, 2.05) is 0 Å². The highest BCUT2D eigenvalue weighted by molar-refractivity contribution is 9.10. The molecule has 0 saturated carbocycles. The molecule has 2 rings (SSSR count). The first-order chi connectivity index (χ1) is 12.0. The molecule has 0 amide bonds. The number of alkyl halides is 3. The number of Topliss-reactive ketones (excluding diaryl/α,β-unsaturated/α-hetero) is 1. The number of carboxylic acid groups (broad SMARTS) is 1. The van der Waals surface area contributed by atoms with E-state index in [4.69, 9.17) is 0 Å². The third-order valence-corrected chi connectivity index (χ3v) is 4.61. The quantitative estimate of drug-likeness (QED) is 0.628. The molecule has 26 heavy (non-hydrogen) atoms. The van der Waals surface area contributed by atoms with E-state index in [0.717, 1.165) is 16.6 Å². The van der Waals surface area contributed by atoms with E-state index < -0.39 is 23.1 Å². The summed E-state index contributed by atoms with van der Waals surface area (Å²) in [5.74, 6) is -1.62. The van der Waals surface area contributed by atoms with E-state index in [0.29, 0.717) is 5.56 Å². The molecule has 1 atom stereocenters. The Balaban J connectivity index is 2.25. The zero-order valence-electron chi connectivity index (χ0n) is 13.8. The van der Waals surface area contributed by atoms with Crippen molar-refractivity contribution in [1.82, 2.24) is 0 Å². The molecule has 7 heteroatoms. The minimum Gasteiger partial charge on any atom is -0.481 e. The molecule has 0 heterocycles. The molecule has 0 fully saturated rings. The normalized spacial score (nSPS) is 13.9. The molecule has 0 aliphatic heterocycles. The molecule has 0 spiro atoms. The number of hydrogen-bond acceptors (Lipinski definition) is 2. The predicted molar refractivity (Wildman–Crippen MR) is 94.0 cm³/mol. The number of carbonyl (C=O) groups excluding carboxylic acids is 1.